The molecule has 116 valence electrons. The third-order valence-electron chi connectivity index (χ3n) is 4.49. The molecule has 0 amide bonds. The number of fused-ring (bicyclic) bond motifs is 1. The van der Waals surface area contributed by atoms with Gasteiger partial charge in [-0.3, -0.25) is 4.90 Å². The van der Waals surface area contributed by atoms with E-state index < -0.39 is 0 Å². The van der Waals surface area contributed by atoms with Crippen LogP contribution in [0.1, 0.15) is 29.7 Å². The fourth-order valence-electron chi connectivity index (χ4n) is 3.36. The molecule has 0 N–H and O–H groups in total. The molecular weight excluding hydrogens is 274 g/mol. The predicted octanol–water partition coefficient (Wildman–Crippen LogP) is 3.67. The van der Waals surface area contributed by atoms with Gasteiger partial charge in [-0.25, -0.2) is 0 Å². The second-order valence-corrected chi connectivity index (χ2v) is 5.60. The van der Waals surface area contributed by atoms with Crippen LogP contribution in [0.2, 0.25) is 0 Å². The molecule has 1 heterocycles. The van der Waals surface area contributed by atoms with Gasteiger partial charge in [0.05, 0.1) is 20.3 Å². The van der Waals surface area contributed by atoms with Gasteiger partial charge in [0.25, 0.3) is 0 Å². The van der Waals surface area contributed by atoms with Crippen molar-refractivity contribution in [2.45, 2.75) is 19.4 Å². The molecular formula is C19H23NO2. The smallest absolute Gasteiger partial charge is 0.161 e. The molecule has 0 bridgehead atoms. The lowest BCUT2D eigenvalue weighted by molar-refractivity contribution is 0.224. The van der Waals surface area contributed by atoms with Crippen LogP contribution in [0.25, 0.3) is 0 Å². The van der Waals surface area contributed by atoms with E-state index in [-0.39, 0.29) is 6.04 Å². The highest BCUT2D eigenvalue weighted by Gasteiger charge is 2.29. The summed E-state index contributed by atoms with van der Waals surface area (Å²) in [5.41, 5.74) is 4.02. The van der Waals surface area contributed by atoms with Crippen molar-refractivity contribution in [1.29, 1.82) is 0 Å². The van der Waals surface area contributed by atoms with E-state index in [0.717, 1.165) is 31.0 Å². The standard InChI is InChI=1S/C19H23NO2/c1-4-20-11-10-15-12-17(21-2)18(22-3)13-16(15)19(20)14-8-6-5-7-9-14/h5-9,12-13,19H,4,10-11H2,1-3H3. The average Bonchev–Trinajstić information content (AvgIpc) is 2.60. The average molecular weight is 297 g/mol. The monoisotopic (exact) mass is 297 g/mol. The SMILES string of the molecule is CCN1CCc2cc(OC)c(OC)cc2C1c1ccccc1. The van der Waals surface area contributed by atoms with Gasteiger partial charge in [-0.1, -0.05) is 37.3 Å². The van der Waals surface area contributed by atoms with Crippen molar-refractivity contribution in [2.24, 2.45) is 0 Å². The van der Waals surface area contributed by atoms with E-state index in [1.165, 1.54) is 16.7 Å². The molecule has 0 saturated carbocycles. The predicted molar refractivity (Wildman–Crippen MR) is 88.8 cm³/mol. The van der Waals surface area contributed by atoms with E-state index >= 15 is 0 Å². The minimum absolute atomic E-state index is 0.287. The fraction of sp³-hybridized carbons (Fsp3) is 0.368. The highest BCUT2D eigenvalue weighted by atomic mass is 16.5. The Morgan fingerprint density at radius 3 is 2.36 bits per heavy atom. The minimum Gasteiger partial charge on any atom is -0.493 e. The van der Waals surface area contributed by atoms with Crippen LogP contribution in [0.3, 0.4) is 0 Å². The van der Waals surface area contributed by atoms with Crippen LogP contribution in [-0.2, 0) is 6.42 Å². The number of hydrogen-bond donors (Lipinski definition) is 0. The summed E-state index contributed by atoms with van der Waals surface area (Å²) in [7, 11) is 3.39. The molecule has 3 rings (SSSR count). The topological polar surface area (TPSA) is 21.7 Å². The third-order valence-corrected chi connectivity index (χ3v) is 4.49. The number of rotatable bonds is 4. The summed E-state index contributed by atoms with van der Waals surface area (Å²) >= 11 is 0. The second-order valence-electron chi connectivity index (χ2n) is 5.60. The Morgan fingerprint density at radius 2 is 1.73 bits per heavy atom. The second kappa shape index (κ2) is 6.41. The van der Waals surface area contributed by atoms with Crippen LogP contribution >= 0.6 is 0 Å². The lowest BCUT2D eigenvalue weighted by Crippen LogP contribution is -2.36. The van der Waals surface area contributed by atoms with Crippen molar-refractivity contribution in [2.75, 3.05) is 27.3 Å². The van der Waals surface area contributed by atoms with Gasteiger partial charge in [0.1, 0.15) is 0 Å². The number of hydrogen-bond acceptors (Lipinski definition) is 3. The van der Waals surface area contributed by atoms with Crippen LogP contribution in [-0.4, -0.2) is 32.2 Å². The summed E-state index contributed by atoms with van der Waals surface area (Å²) in [6.07, 6.45) is 1.05. The first-order valence-corrected chi connectivity index (χ1v) is 7.82. The summed E-state index contributed by atoms with van der Waals surface area (Å²) in [6, 6.07) is 15.3. The number of methoxy groups -OCH3 is 2. The van der Waals surface area contributed by atoms with E-state index in [0.29, 0.717) is 0 Å². The molecule has 1 aliphatic heterocycles. The van der Waals surface area contributed by atoms with Crippen LogP contribution in [0.15, 0.2) is 42.5 Å². The molecule has 0 aliphatic carbocycles. The Bertz CT molecular complexity index is 639. The molecule has 0 radical (unpaired) electrons. The fourth-order valence-corrected chi connectivity index (χ4v) is 3.36. The summed E-state index contributed by atoms with van der Waals surface area (Å²) in [4.78, 5) is 2.52. The lowest BCUT2D eigenvalue weighted by Gasteiger charge is -2.37. The molecule has 0 spiro atoms. The normalized spacial score (nSPS) is 17.9. The zero-order valence-electron chi connectivity index (χ0n) is 13.5. The van der Waals surface area contributed by atoms with E-state index in [1.54, 1.807) is 14.2 Å². The quantitative estimate of drug-likeness (QED) is 0.859. The Morgan fingerprint density at radius 1 is 1.05 bits per heavy atom. The van der Waals surface area contributed by atoms with Gasteiger partial charge in [0.15, 0.2) is 11.5 Å². The Kier molecular flexibility index (Phi) is 4.34. The molecule has 22 heavy (non-hydrogen) atoms. The number of likely N-dealkylation sites (N-methyl/N-ethyl adjacent to an activating group) is 1. The zero-order chi connectivity index (χ0) is 15.5. The van der Waals surface area contributed by atoms with Gasteiger partial charge in [-0.15, -0.1) is 0 Å². The van der Waals surface area contributed by atoms with Gasteiger partial charge in [-0.05, 0) is 41.8 Å². The Labute approximate surface area is 132 Å². The van der Waals surface area contributed by atoms with E-state index in [9.17, 15) is 0 Å². The maximum absolute atomic E-state index is 5.51. The minimum atomic E-state index is 0.287. The van der Waals surface area contributed by atoms with Gasteiger partial charge < -0.3 is 9.47 Å². The molecule has 3 heteroatoms. The molecule has 2 aromatic rings. The van der Waals surface area contributed by atoms with Crippen molar-refractivity contribution in [1.82, 2.24) is 4.90 Å². The lowest BCUT2D eigenvalue weighted by atomic mass is 9.87. The molecule has 3 nitrogen and oxygen atoms in total. The maximum Gasteiger partial charge on any atom is 0.161 e. The van der Waals surface area contributed by atoms with Gasteiger partial charge in [0.2, 0.25) is 0 Å². The molecule has 1 atom stereocenters. The van der Waals surface area contributed by atoms with Crippen LogP contribution in [0.4, 0.5) is 0 Å². The molecule has 1 aliphatic rings. The van der Waals surface area contributed by atoms with Crippen LogP contribution in [0, 0.1) is 0 Å². The molecule has 2 aromatic carbocycles. The molecule has 0 fully saturated rings. The van der Waals surface area contributed by atoms with Crippen molar-refractivity contribution in [3.63, 3.8) is 0 Å². The number of benzene rings is 2. The van der Waals surface area contributed by atoms with Crippen molar-refractivity contribution >= 4 is 0 Å². The first-order valence-electron chi connectivity index (χ1n) is 7.82. The van der Waals surface area contributed by atoms with E-state index in [1.807, 2.05) is 0 Å². The summed E-state index contributed by atoms with van der Waals surface area (Å²) < 4.78 is 11.0. The highest BCUT2D eigenvalue weighted by Crippen LogP contribution is 2.40. The van der Waals surface area contributed by atoms with Gasteiger partial charge >= 0.3 is 0 Å². The summed E-state index contributed by atoms with van der Waals surface area (Å²) in [6.45, 7) is 4.33. The Hall–Kier alpha value is -2.00. The van der Waals surface area contributed by atoms with Crippen LogP contribution < -0.4 is 9.47 Å². The first kappa shape index (κ1) is 14.9. The van der Waals surface area contributed by atoms with Crippen molar-refractivity contribution in [3.8, 4) is 11.5 Å². The largest absolute Gasteiger partial charge is 0.493 e. The third kappa shape index (κ3) is 2.57. The van der Waals surface area contributed by atoms with E-state index in [4.69, 9.17) is 9.47 Å². The maximum atomic E-state index is 5.51. The van der Waals surface area contributed by atoms with Gasteiger partial charge in [0, 0.05) is 6.54 Å². The van der Waals surface area contributed by atoms with Crippen molar-refractivity contribution in [3.05, 3.63) is 59.2 Å². The molecule has 0 aromatic heterocycles. The molecule has 1 unspecified atom stereocenters. The van der Waals surface area contributed by atoms with Crippen LogP contribution in [0.5, 0.6) is 11.5 Å². The number of nitrogens with zero attached hydrogens (tertiary/aromatic N) is 1. The molecule has 0 saturated heterocycles. The summed E-state index contributed by atoms with van der Waals surface area (Å²) in [5, 5.41) is 0. The number of ether oxygens (including phenoxy) is 2. The summed E-state index contributed by atoms with van der Waals surface area (Å²) in [5.74, 6) is 1.62. The highest BCUT2D eigenvalue weighted by molar-refractivity contribution is 5.51. The van der Waals surface area contributed by atoms with Crippen molar-refractivity contribution < 1.29 is 9.47 Å². The van der Waals surface area contributed by atoms with Gasteiger partial charge in [-0.2, -0.15) is 0 Å². The Balaban J connectivity index is 2.13. The zero-order valence-corrected chi connectivity index (χ0v) is 13.5. The van der Waals surface area contributed by atoms with E-state index in [2.05, 4.69) is 54.3 Å². The first-order chi connectivity index (χ1) is 10.8.